The van der Waals surface area contributed by atoms with E-state index in [0.717, 1.165) is 0 Å². The molecule has 0 aromatic carbocycles. The van der Waals surface area contributed by atoms with E-state index in [1.807, 2.05) is 0 Å². The van der Waals surface area contributed by atoms with Gasteiger partial charge in [0.1, 0.15) is 0 Å². The number of hydrogen-bond acceptors (Lipinski definition) is 1. The molecule has 0 aromatic rings. The van der Waals surface area contributed by atoms with Crippen molar-refractivity contribution < 1.29 is 0 Å². The summed E-state index contributed by atoms with van der Waals surface area (Å²) in [5.74, 6) is 0. The van der Waals surface area contributed by atoms with Gasteiger partial charge in [0.05, 0.1) is 0 Å². The van der Waals surface area contributed by atoms with E-state index < -0.39 is 0 Å². The largest absolute Gasteiger partial charge is 0.303 e. The van der Waals surface area contributed by atoms with Crippen LogP contribution in [-0.2, 0) is 0 Å². The van der Waals surface area contributed by atoms with Crippen LogP contribution in [0.2, 0.25) is 0 Å². The predicted octanol–water partition coefficient (Wildman–Crippen LogP) is 2.91. The molecular weight excluding hydrogens is 146 g/mol. The fourth-order valence-corrected chi connectivity index (χ4v) is 2.37. The van der Waals surface area contributed by atoms with Crippen LogP contribution in [0.3, 0.4) is 0 Å². The summed E-state index contributed by atoms with van der Waals surface area (Å²) < 4.78 is 0. The number of hydrogen-bond donors (Lipinski definition) is 0. The summed E-state index contributed by atoms with van der Waals surface area (Å²) in [6.07, 6.45) is 5.81. The molecule has 0 saturated heterocycles. The Morgan fingerprint density at radius 1 is 1.08 bits per heavy atom. The summed E-state index contributed by atoms with van der Waals surface area (Å²) in [6.45, 7) is 10.7. The van der Waals surface area contributed by atoms with Crippen molar-refractivity contribution in [2.24, 2.45) is 5.41 Å². The maximum Gasteiger partial charge on any atom is 0.00351 e. The first-order valence-corrected chi connectivity index (χ1v) is 5.42. The summed E-state index contributed by atoms with van der Waals surface area (Å²) >= 11 is 0. The lowest BCUT2D eigenvalue weighted by Crippen LogP contribution is -2.34. The molecular formula is C11H23N. The van der Waals surface area contributed by atoms with Crippen LogP contribution in [0, 0.1) is 5.41 Å². The molecule has 0 amide bonds. The van der Waals surface area contributed by atoms with Gasteiger partial charge in [-0.3, -0.25) is 0 Å². The highest BCUT2D eigenvalue weighted by molar-refractivity contribution is 4.82. The molecule has 0 aromatic heterocycles. The van der Waals surface area contributed by atoms with Gasteiger partial charge >= 0.3 is 0 Å². The molecule has 0 aliphatic heterocycles. The quantitative estimate of drug-likeness (QED) is 0.625. The molecule has 0 atom stereocenters. The fraction of sp³-hybridized carbons (Fsp3) is 1.00. The van der Waals surface area contributed by atoms with Crippen LogP contribution < -0.4 is 0 Å². The molecule has 0 N–H and O–H groups in total. The zero-order valence-corrected chi connectivity index (χ0v) is 8.90. The highest BCUT2D eigenvalue weighted by Gasteiger charge is 2.29. The van der Waals surface area contributed by atoms with Crippen LogP contribution >= 0.6 is 0 Å². The Morgan fingerprint density at radius 2 is 1.58 bits per heavy atom. The lowest BCUT2D eigenvalue weighted by atomic mass is 9.88. The van der Waals surface area contributed by atoms with Crippen molar-refractivity contribution in [2.75, 3.05) is 19.6 Å². The molecule has 0 spiro atoms. The third-order valence-electron chi connectivity index (χ3n) is 3.31. The second-order valence-corrected chi connectivity index (χ2v) is 4.48. The first-order valence-electron chi connectivity index (χ1n) is 5.42. The van der Waals surface area contributed by atoms with Gasteiger partial charge in [-0.1, -0.05) is 33.6 Å². The Balaban J connectivity index is 2.36. The van der Waals surface area contributed by atoms with E-state index in [9.17, 15) is 0 Å². The molecule has 72 valence electrons. The molecule has 1 heteroatoms. The monoisotopic (exact) mass is 169 g/mol. The molecule has 1 aliphatic rings. The van der Waals surface area contributed by atoms with Crippen molar-refractivity contribution in [3.8, 4) is 0 Å². The molecule has 12 heavy (non-hydrogen) atoms. The minimum absolute atomic E-state index is 0.645. The maximum absolute atomic E-state index is 2.56. The van der Waals surface area contributed by atoms with Crippen molar-refractivity contribution in [1.29, 1.82) is 0 Å². The number of rotatable bonds is 4. The average molecular weight is 169 g/mol. The SMILES string of the molecule is CCN(CC)CC1(C)CCCC1. The van der Waals surface area contributed by atoms with Crippen molar-refractivity contribution in [3.63, 3.8) is 0 Å². The highest BCUT2D eigenvalue weighted by atomic mass is 15.1. The molecule has 1 nitrogen and oxygen atoms in total. The third kappa shape index (κ3) is 2.48. The predicted molar refractivity (Wildman–Crippen MR) is 54.4 cm³/mol. The van der Waals surface area contributed by atoms with Crippen molar-refractivity contribution in [3.05, 3.63) is 0 Å². The maximum atomic E-state index is 2.56. The van der Waals surface area contributed by atoms with E-state index in [0.29, 0.717) is 5.41 Å². The summed E-state index contributed by atoms with van der Waals surface area (Å²) in [4.78, 5) is 2.56. The summed E-state index contributed by atoms with van der Waals surface area (Å²) in [7, 11) is 0. The van der Waals surface area contributed by atoms with Crippen LogP contribution in [0.4, 0.5) is 0 Å². The van der Waals surface area contributed by atoms with E-state index >= 15 is 0 Å². The Morgan fingerprint density at radius 3 is 2.00 bits per heavy atom. The van der Waals surface area contributed by atoms with Gasteiger partial charge in [-0.25, -0.2) is 0 Å². The summed E-state index contributed by atoms with van der Waals surface area (Å²) in [5.41, 5.74) is 0.645. The lowest BCUT2D eigenvalue weighted by molar-refractivity contribution is 0.180. The van der Waals surface area contributed by atoms with Crippen molar-refractivity contribution in [1.82, 2.24) is 4.90 Å². The summed E-state index contributed by atoms with van der Waals surface area (Å²) in [5, 5.41) is 0. The zero-order chi connectivity index (χ0) is 9.03. The fourth-order valence-electron chi connectivity index (χ4n) is 2.37. The summed E-state index contributed by atoms with van der Waals surface area (Å²) in [6, 6.07) is 0. The van der Waals surface area contributed by atoms with Crippen LogP contribution in [-0.4, -0.2) is 24.5 Å². The van der Waals surface area contributed by atoms with E-state index in [1.54, 1.807) is 0 Å². The third-order valence-corrected chi connectivity index (χ3v) is 3.31. The van der Waals surface area contributed by atoms with Gasteiger partial charge in [-0.05, 0) is 31.3 Å². The first-order chi connectivity index (χ1) is 5.70. The Labute approximate surface area is 77.1 Å². The molecule has 0 unspecified atom stereocenters. The van der Waals surface area contributed by atoms with Gasteiger partial charge in [-0.15, -0.1) is 0 Å². The van der Waals surface area contributed by atoms with E-state index in [1.165, 1.54) is 45.3 Å². The van der Waals surface area contributed by atoms with Gasteiger partial charge in [0.25, 0.3) is 0 Å². The van der Waals surface area contributed by atoms with Gasteiger partial charge in [0.15, 0.2) is 0 Å². The standard InChI is InChI=1S/C11H23N/c1-4-12(5-2)10-11(3)8-6-7-9-11/h4-10H2,1-3H3. The van der Waals surface area contributed by atoms with E-state index in [-0.39, 0.29) is 0 Å². The van der Waals surface area contributed by atoms with Gasteiger partial charge in [0.2, 0.25) is 0 Å². The van der Waals surface area contributed by atoms with Gasteiger partial charge in [-0.2, -0.15) is 0 Å². The topological polar surface area (TPSA) is 3.24 Å². The lowest BCUT2D eigenvalue weighted by Gasteiger charge is -2.30. The minimum atomic E-state index is 0.645. The molecule has 0 heterocycles. The molecule has 1 fully saturated rings. The molecule has 0 bridgehead atoms. The second kappa shape index (κ2) is 4.27. The van der Waals surface area contributed by atoms with Crippen LogP contribution in [0.1, 0.15) is 46.5 Å². The normalized spacial score (nSPS) is 22.0. The molecule has 0 radical (unpaired) electrons. The molecule has 1 saturated carbocycles. The smallest absolute Gasteiger partial charge is 0.00351 e. The van der Waals surface area contributed by atoms with Crippen LogP contribution in [0.5, 0.6) is 0 Å². The minimum Gasteiger partial charge on any atom is -0.303 e. The zero-order valence-electron chi connectivity index (χ0n) is 8.90. The highest BCUT2D eigenvalue weighted by Crippen LogP contribution is 2.37. The van der Waals surface area contributed by atoms with Gasteiger partial charge < -0.3 is 4.90 Å². The first kappa shape index (κ1) is 10.0. The Hall–Kier alpha value is -0.0400. The van der Waals surface area contributed by atoms with Gasteiger partial charge in [0, 0.05) is 6.54 Å². The number of nitrogens with zero attached hydrogens (tertiary/aromatic N) is 1. The van der Waals surface area contributed by atoms with Crippen LogP contribution in [0.25, 0.3) is 0 Å². The Kier molecular flexibility index (Phi) is 3.57. The molecule has 1 rings (SSSR count). The molecule has 1 aliphatic carbocycles. The van der Waals surface area contributed by atoms with Crippen LogP contribution in [0.15, 0.2) is 0 Å². The Bertz CT molecular complexity index is 121. The van der Waals surface area contributed by atoms with Crippen molar-refractivity contribution in [2.45, 2.75) is 46.5 Å². The van der Waals surface area contributed by atoms with E-state index in [4.69, 9.17) is 0 Å². The average Bonchev–Trinajstić information content (AvgIpc) is 2.48. The second-order valence-electron chi connectivity index (χ2n) is 4.48. The van der Waals surface area contributed by atoms with Crippen molar-refractivity contribution >= 4 is 0 Å². The van der Waals surface area contributed by atoms with E-state index in [2.05, 4.69) is 25.7 Å².